The van der Waals surface area contributed by atoms with Crippen molar-refractivity contribution in [1.82, 2.24) is 9.80 Å². The lowest BCUT2D eigenvalue weighted by molar-refractivity contribution is -0.137. The number of hydrogen-bond acceptors (Lipinski definition) is 3. The third kappa shape index (κ3) is 2.99. The zero-order valence-electron chi connectivity index (χ0n) is 12.8. The molecule has 0 spiro atoms. The summed E-state index contributed by atoms with van der Waals surface area (Å²) >= 11 is 0. The first kappa shape index (κ1) is 15.0. The number of nitrogens with two attached hydrogens (primary N) is 1. The van der Waals surface area contributed by atoms with Crippen LogP contribution in [-0.4, -0.2) is 54.3 Å². The van der Waals surface area contributed by atoms with Crippen molar-refractivity contribution in [1.29, 1.82) is 0 Å². The molecule has 2 N–H and O–H groups in total. The first-order valence-electron chi connectivity index (χ1n) is 7.99. The molecule has 1 aromatic carbocycles. The molecule has 2 saturated heterocycles. The maximum atomic E-state index is 12.5. The first-order chi connectivity index (χ1) is 10.7. The molecule has 2 heterocycles. The lowest BCUT2D eigenvalue weighted by Gasteiger charge is -2.21. The van der Waals surface area contributed by atoms with Crippen LogP contribution in [0.3, 0.4) is 0 Å². The van der Waals surface area contributed by atoms with Crippen LogP contribution in [0.2, 0.25) is 0 Å². The van der Waals surface area contributed by atoms with Gasteiger partial charge in [-0.2, -0.15) is 0 Å². The van der Waals surface area contributed by atoms with Crippen LogP contribution in [0.1, 0.15) is 24.3 Å². The summed E-state index contributed by atoms with van der Waals surface area (Å²) in [7, 11) is 0. The van der Waals surface area contributed by atoms with E-state index >= 15 is 0 Å². The predicted octanol–water partition coefficient (Wildman–Crippen LogP) is 0.810. The third-order valence-corrected chi connectivity index (χ3v) is 4.82. The Morgan fingerprint density at radius 1 is 1.23 bits per heavy atom. The summed E-state index contributed by atoms with van der Waals surface area (Å²) in [6.45, 7) is 2.90. The molecule has 3 rings (SSSR count). The molecule has 0 radical (unpaired) electrons. The van der Waals surface area contributed by atoms with Gasteiger partial charge >= 0.3 is 0 Å². The lowest BCUT2D eigenvalue weighted by Crippen LogP contribution is -2.40. The van der Waals surface area contributed by atoms with Gasteiger partial charge in [0.25, 0.3) is 0 Å². The molecule has 0 unspecified atom stereocenters. The number of carbonyl (C=O) groups excluding carboxylic acids is 2. The second-order valence-corrected chi connectivity index (χ2v) is 6.23. The summed E-state index contributed by atoms with van der Waals surface area (Å²) in [4.78, 5) is 27.7. The fourth-order valence-electron chi connectivity index (χ4n) is 3.53. The number of rotatable bonds is 4. The number of amides is 2. The summed E-state index contributed by atoms with van der Waals surface area (Å²) in [6, 6.07) is 10.3. The average molecular weight is 301 g/mol. The van der Waals surface area contributed by atoms with E-state index < -0.39 is 0 Å². The van der Waals surface area contributed by atoms with Gasteiger partial charge in [-0.25, -0.2) is 0 Å². The van der Waals surface area contributed by atoms with Crippen LogP contribution >= 0.6 is 0 Å². The Morgan fingerprint density at radius 3 is 2.64 bits per heavy atom. The van der Waals surface area contributed by atoms with E-state index in [0.29, 0.717) is 44.4 Å². The van der Waals surface area contributed by atoms with Gasteiger partial charge in [0.1, 0.15) is 0 Å². The molecule has 118 valence electrons. The first-order valence-corrected chi connectivity index (χ1v) is 7.99. The molecular weight excluding hydrogens is 278 g/mol. The van der Waals surface area contributed by atoms with Gasteiger partial charge in [-0.3, -0.25) is 9.59 Å². The maximum absolute atomic E-state index is 12.5. The van der Waals surface area contributed by atoms with Crippen molar-refractivity contribution in [3.63, 3.8) is 0 Å². The van der Waals surface area contributed by atoms with Crippen LogP contribution in [0.5, 0.6) is 0 Å². The van der Waals surface area contributed by atoms with Crippen molar-refractivity contribution < 1.29 is 9.59 Å². The molecule has 0 aliphatic carbocycles. The molecule has 2 aliphatic rings. The van der Waals surface area contributed by atoms with E-state index in [-0.39, 0.29) is 18.4 Å². The van der Waals surface area contributed by atoms with Crippen LogP contribution in [-0.2, 0) is 9.59 Å². The Kier molecular flexibility index (Phi) is 4.43. The van der Waals surface area contributed by atoms with E-state index in [0.717, 1.165) is 6.42 Å². The number of nitrogens with zero attached hydrogens (tertiary/aromatic N) is 2. The Bertz CT molecular complexity index is 546. The highest BCUT2D eigenvalue weighted by Gasteiger charge is 2.36. The molecule has 5 nitrogen and oxygen atoms in total. The molecular formula is C17H23N3O2. The van der Waals surface area contributed by atoms with Gasteiger partial charge in [0.05, 0.1) is 6.54 Å². The highest BCUT2D eigenvalue weighted by Crippen LogP contribution is 2.32. The van der Waals surface area contributed by atoms with Gasteiger partial charge < -0.3 is 15.5 Å². The van der Waals surface area contributed by atoms with Crippen molar-refractivity contribution in [3.8, 4) is 0 Å². The fraction of sp³-hybridized carbons (Fsp3) is 0.529. The van der Waals surface area contributed by atoms with Crippen molar-refractivity contribution in [3.05, 3.63) is 35.9 Å². The van der Waals surface area contributed by atoms with Gasteiger partial charge in [0.15, 0.2) is 0 Å². The van der Waals surface area contributed by atoms with Crippen LogP contribution < -0.4 is 5.73 Å². The van der Waals surface area contributed by atoms with Crippen LogP contribution in [0.25, 0.3) is 0 Å². The monoisotopic (exact) mass is 301 g/mol. The molecule has 1 aromatic rings. The zero-order chi connectivity index (χ0) is 15.5. The topological polar surface area (TPSA) is 66.6 Å². The normalized spacial score (nSPS) is 25.0. The number of benzene rings is 1. The van der Waals surface area contributed by atoms with E-state index in [1.54, 1.807) is 4.90 Å². The number of hydrogen-bond donors (Lipinski definition) is 1. The third-order valence-electron chi connectivity index (χ3n) is 4.82. The molecule has 2 fully saturated rings. The summed E-state index contributed by atoms with van der Waals surface area (Å²) in [5.41, 5.74) is 7.15. The minimum Gasteiger partial charge on any atom is -0.340 e. The van der Waals surface area contributed by atoms with Crippen LogP contribution in [0, 0.1) is 5.92 Å². The Labute approximate surface area is 131 Å². The second-order valence-electron chi connectivity index (χ2n) is 6.23. The highest BCUT2D eigenvalue weighted by atomic mass is 16.2. The highest BCUT2D eigenvalue weighted by molar-refractivity contribution is 5.86. The molecule has 0 bridgehead atoms. The Hall–Kier alpha value is -1.88. The van der Waals surface area contributed by atoms with E-state index in [1.165, 1.54) is 5.56 Å². The average Bonchev–Trinajstić information content (AvgIpc) is 3.15. The zero-order valence-corrected chi connectivity index (χ0v) is 12.8. The maximum Gasteiger partial charge on any atom is 0.242 e. The van der Waals surface area contributed by atoms with Crippen molar-refractivity contribution in [2.45, 2.75) is 18.8 Å². The van der Waals surface area contributed by atoms with Gasteiger partial charge in [-0.15, -0.1) is 0 Å². The van der Waals surface area contributed by atoms with Crippen molar-refractivity contribution >= 4 is 11.8 Å². The minimum absolute atomic E-state index is 0.0483. The second kappa shape index (κ2) is 6.48. The number of likely N-dealkylation sites (tertiary alicyclic amines) is 2. The Balaban J connectivity index is 1.66. The van der Waals surface area contributed by atoms with E-state index in [9.17, 15) is 9.59 Å². The summed E-state index contributed by atoms with van der Waals surface area (Å²) in [6.07, 6.45) is 1.44. The van der Waals surface area contributed by atoms with Crippen molar-refractivity contribution in [2.24, 2.45) is 11.7 Å². The molecule has 2 atom stereocenters. The molecule has 2 amide bonds. The SMILES string of the molecule is NC[C@@H]1CN(C(=O)CN2CCCC2=O)C[C@H]1c1ccccc1. The summed E-state index contributed by atoms with van der Waals surface area (Å²) in [5.74, 6) is 0.736. The molecule has 0 saturated carbocycles. The van der Waals surface area contributed by atoms with E-state index in [4.69, 9.17) is 5.73 Å². The van der Waals surface area contributed by atoms with Gasteiger partial charge in [0, 0.05) is 32.0 Å². The van der Waals surface area contributed by atoms with Crippen LogP contribution in [0.15, 0.2) is 30.3 Å². The Morgan fingerprint density at radius 2 is 2.00 bits per heavy atom. The van der Waals surface area contributed by atoms with E-state index in [1.807, 2.05) is 23.1 Å². The predicted molar refractivity (Wildman–Crippen MR) is 84.1 cm³/mol. The molecule has 2 aliphatic heterocycles. The standard InChI is InChI=1S/C17H23N3O2/c18-9-14-10-20(11-15(14)13-5-2-1-3-6-13)17(22)12-19-8-4-7-16(19)21/h1-3,5-6,14-15H,4,7-12,18H2/t14-,15+/m1/s1. The fourth-order valence-corrected chi connectivity index (χ4v) is 3.53. The minimum atomic E-state index is 0.0483. The van der Waals surface area contributed by atoms with Gasteiger partial charge in [0.2, 0.25) is 11.8 Å². The lowest BCUT2D eigenvalue weighted by atomic mass is 9.89. The molecule has 22 heavy (non-hydrogen) atoms. The molecule has 5 heteroatoms. The van der Waals surface area contributed by atoms with Gasteiger partial charge in [-0.1, -0.05) is 30.3 Å². The largest absolute Gasteiger partial charge is 0.340 e. The van der Waals surface area contributed by atoms with E-state index in [2.05, 4.69) is 12.1 Å². The van der Waals surface area contributed by atoms with Crippen LogP contribution in [0.4, 0.5) is 0 Å². The van der Waals surface area contributed by atoms with Crippen molar-refractivity contribution in [2.75, 3.05) is 32.7 Å². The summed E-state index contributed by atoms with van der Waals surface area (Å²) in [5, 5.41) is 0. The smallest absolute Gasteiger partial charge is 0.242 e. The number of carbonyl (C=O) groups is 2. The molecule has 0 aromatic heterocycles. The van der Waals surface area contributed by atoms with Gasteiger partial charge in [-0.05, 0) is 24.4 Å². The summed E-state index contributed by atoms with van der Waals surface area (Å²) < 4.78 is 0. The quantitative estimate of drug-likeness (QED) is 0.895.